The molecule has 16 nitrogen and oxygen atoms in total. The predicted molar refractivity (Wildman–Crippen MR) is 106 cm³/mol. The molecule has 0 saturated carbocycles. The molecule has 0 aliphatic carbocycles. The van der Waals surface area contributed by atoms with E-state index in [0.29, 0.717) is 4.72 Å². The van der Waals surface area contributed by atoms with Gasteiger partial charge < -0.3 is 0 Å². The molecule has 164 valence electrons. The molecule has 17 heteroatoms. The van der Waals surface area contributed by atoms with Crippen LogP contribution in [0.25, 0.3) is 0 Å². The van der Waals surface area contributed by atoms with Gasteiger partial charge in [-0.25, -0.2) is 0 Å². The van der Waals surface area contributed by atoms with E-state index in [-0.39, 0.29) is 23.0 Å². The van der Waals surface area contributed by atoms with Gasteiger partial charge in [-0.1, -0.05) is 0 Å². The first-order valence-corrected chi connectivity index (χ1v) is 10.5. The number of aromatic nitrogens is 4. The maximum absolute atomic E-state index is 11.3. The van der Waals surface area contributed by atoms with Gasteiger partial charge in [0.25, 0.3) is 0 Å². The van der Waals surface area contributed by atoms with Gasteiger partial charge in [-0.15, -0.1) is 0 Å². The third-order valence-corrected chi connectivity index (χ3v) is 6.24. The molecule has 0 bridgehead atoms. The summed E-state index contributed by atoms with van der Waals surface area (Å²) in [7, 11) is 0. The molecule has 0 unspecified atom stereocenters. The number of hydrogen-bond acceptors (Lipinski definition) is 11. The molecule has 0 amide bonds. The van der Waals surface area contributed by atoms with Gasteiger partial charge in [-0.3, -0.25) is 0 Å². The van der Waals surface area contributed by atoms with Crippen LogP contribution < -0.4 is 4.72 Å². The van der Waals surface area contributed by atoms with Crippen LogP contribution in [-0.4, -0.2) is 54.9 Å². The second-order valence-corrected chi connectivity index (χ2v) is 8.04. The third-order valence-electron chi connectivity index (χ3n) is 4.13. The first kappa shape index (κ1) is 22.3. The van der Waals surface area contributed by atoms with Crippen molar-refractivity contribution in [3.05, 3.63) is 88.0 Å². The second-order valence-electron chi connectivity index (χ2n) is 6.06. The van der Waals surface area contributed by atoms with E-state index in [4.69, 9.17) is 0 Å². The van der Waals surface area contributed by atoms with Gasteiger partial charge in [-0.2, -0.15) is 0 Å². The van der Waals surface area contributed by atoms with Crippen molar-refractivity contribution in [2.24, 2.45) is 0 Å². The number of rotatable bonds is 9. The molecule has 0 radical (unpaired) electrons. The van der Waals surface area contributed by atoms with Gasteiger partial charge in [0.05, 0.1) is 0 Å². The van der Waals surface area contributed by atoms with Crippen LogP contribution in [0.1, 0.15) is 11.1 Å². The zero-order valence-corrected chi connectivity index (χ0v) is 17.3. The van der Waals surface area contributed by atoms with Gasteiger partial charge >= 0.3 is 182 Å². The zero-order chi connectivity index (χ0) is 23.4. The van der Waals surface area contributed by atoms with Crippen LogP contribution in [0.5, 0.6) is 0 Å². The molecule has 0 fully saturated rings. The van der Waals surface area contributed by atoms with Crippen molar-refractivity contribution in [1.29, 1.82) is 0 Å². The fourth-order valence-corrected chi connectivity index (χ4v) is 4.46. The summed E-state index contributed by atoms with van der Waals surface area (Å²) in [6.07, 6.45) is 0. The average molecular weight is 509 g/mol. The number of hydrogen-bond donors (Lipinski definition) is 0. The molecule has 0 aliphatic heterocycles. The Morgan fingerprint density at radius 2 is 1.31 bits per heavy atom. The summed E-state index contributed by atoms with van der Waals surface area (Å²) in [5, 5.41) is 55.6. The monoisotopic (exact) mass is 510 g/mol. The minimum atomic E-state index is -0.752. The number of nitro benzene ring substituents is 4. The van der Waals surface area contributed by atoms with Gasteiger partial charge in [0, 0.05) is 0 Å². The SMILES string of the molecule is O=[N+]([O-])c1ccc(C[Se]c2nnnn2Cc2ccc([N+](=O)[O-])cc2[N+](=O)[O-])c([N+](=O)[O-])c1. The molecule has 0 N–H and O–H groups in total. The van der Waals surface area contributed by atoms with Crippen molar-refractivity contribution < 1.29 is 19.7 Å². The van der Waals surface area contributed by atoms with Gasteiger partial charge in [0.2, 0.25) is 0 Å². The van der Waals surface area contributed by atoms with Crippen molar-refractivity contribution in [3.8, 4) is 0 Å². The number of tetrazole rings is 1. The van der Waals surface area contributed by atoms with E-state index in [1.165, 1.54) is 16.8 Å². The number of benzene rings is 2. The van der Waals surface area contributed by atoms with Crippen LogP contribution >= 0.6 is 0 Å². The Morgan fingerprint density at radius 1 is 0.781 bits per heavy atom. The fraction of sp³-hybridized carbons (Fsp3) is 0.133. The minimum absolute atomic E-state index is 0.129. The van der Waals surface area contributed by atoms with E-state index in [1.807, 2.05) is 0 Å². The van der Waals surface area contributed by atoms with Crippen LogP contribution in [0.3, 0.4) is 0 Å². The average Bonchev–Trinajstić information content (AvgIpc) is 3.18. The quantitative estimate of drug-likeness (QED) is 0.224. The van der Waals surface area contributed by atoms with Crippen molar-refractivity contribution in [2.45, 2.75) is 11.9 Å². The van der Waals surface area contributed by atoms with Crippen LogP contribution in [0.15, 0.2) is 36.4 Å². The normalized spacial score (nSPS) is 10.6. The Bertz CT molecular complexity index is 1250. The van der Waals surface area contributed by atoms with E-state index < -0.39 is 57.4 Å². The Balaban J connectivity index is 1.84. The standard InChI is InChI=1S/C15H10N8O8Se/c24-20(25)11-3-1-9(13(5-11)22(28)29)7-19-15(16-17-18-19)32-8-10-2-4-12(21(26)27)6-14(10)23(30)31/h1-6H,7-8H2. The van der Waals surface area contributed by atoms with Gasteiger partial charge in [0.1, 0.15) is 0 Å². The van der Waals surface area contributed by atoms with Crippen LogP contribution in [-0.2, 0) is 11.9 Å². The molecule has 1 aromatic heterocycles. The summed E-state index contributed by atoms with van der Waals surface area (Å²) in [5.74, 6) is 0. The van der Waals surface area contributed by atoms with Crippen LogP contribution in [0.4, 0.5) is 22.7 Å². The first-order chi connectivity index (χ1) is 15.2. The Labute approximate surface area is 182 Å². The molecular weight excluding hydrogens is 499 g/mol. The van der Waals surface area contributed by atoms with Crippen molar-refractivity contribution in [3.63, 3.8) is 0 Å². The third kappa shape index (κ3) is 4.85. The fourth-order valence-electron chi connectivity index (χ4n) is 2.63. The maximum atomic E-state index is 11.3. The Morgan fingerprint density at radius 3 is 1.84 bits per heavy atom. The molecular formula is C15H10N8O8Se. The van der Waals surface area contributed by atoms with Gasteiger partial charge in [0.15, 0.2) is 0 Å². The molecule has 0 atom stereocenters. The summed E-state index contributed by atoms with van der Waals surface area (Å²) in [5.41, 5.74) is -1.36. The van der Waals surface area contributed by atoms with Crippen LogP contribution in [0, 0.1) is 40.5 Å². The van der Waals surface area contributed by atoms with E-state index in [2.05, 4.69) is 15.5 Å². The Hall–Kier alpha value is -4.37. The van der Waals surface area contributed by atoms with Crippen LogP contribution in [0.2, 0.25) is 0 Å². The summed E-state index contributed by atoms with van der Waals surface area (Å²) in [4.78, 5) is 41.4. The number of nitro groups is 4. The molecule has 0 spiro atoms. The molecule has 1 heterocycles. The van der Waals surface area contributed by atoms with Crippen molar-refractivity contribution in [2.75, 3.05) is 0 Å². The molecule has 3 rings (SSSR count). The summed E-state index contributed by atoms with van der Waals surface area (Å²) < 4.78 is 1.56. The summed E-state index contributed by atoms with van der Waals surface area (Å²) in [6.45, 7) is -0.152. The number of non-ortho nitro benzene ring substituents is 2. The van der Waals surface area contributed by atoms with Crippen molar-refractivity contribution in [1.82, 2.24) is 20.2 Å². The second kappa shape index (κ2) is 9.19. The van der Waals surface area contributed by atoms with Crippen molar-refractivity contribution >= 4 is 42.4 Å². The first-order valence-electron chi connectivity index (χ1n) is 8.39. The molecule has 3 aromatic rings. The predicted octanol–water partition coefficient (Wildman–Crippen LogP) is 0.884. The molecule has 0 saturated heterocycles. The molecule has 0 aliphatic rings. The molecule has 2 aromatic carbocycles. The summed E-state index contributed by atoms with van der Waals surface area (Å²) in [6, 6.07) is 6.50. The molecule has 32 heavy (non-hydrogen) atoms. The van der Waals surface area contributed by atoms with E-state index in [9.17, 15) is 40.5 Å². The topological polar surface area (TPSA) is 216 Å². The zero-order valence-electron chi connectivity index (χ0n) is 15.6. The number of nitrogens with zero attached hydrogens (tertiary/aromatic N) is 8. The van der Waals surface area contributed by atoms with Gasteiger partial charge in [-0.05, 0) is 0 Å². The Kier molecular flexibility index (Phi) is 6.41. The summed E-state index contributed by atoms with van der Waals surface area (Å²) >= 11 is -0.569. The van der Waals surface area contributed by atoms with E-state index in [1.54, 1.807) is 0 Å². The van der Waals surface area contributed by atoms with E-state index >= 15 is 0 Å². The van der Waals surface area contributed by atoms with E-state index in [0.717, 1.165) is 24.3 Å².